The minimum atomic E-state index is -0.961. The number of aliphatic hydroxyl groups excluding tert-OH is 2. The molecular formula is C60H76N4O12. The number of carbonyl (C=O) groups excluding carboxylic acids is 3. The number of esters is 1. The number of carboxylic acid groups (broad SMARTS) is 3. The van der Waals surface area contributed by atoms with Crippen molar-refractivity contribution < 1.29 is 59.0 Å². The van der Waals surface area contributed by atoms with Gasteiger partial charge in [0.1, 0.15) is 0 Å². The maximum absolute atomic E-state index is 12.8. The predicted octanol–water partition coefficient (Wildman–Crippen LogP) is 11.4. The lowest BCUT2D eigenvalue weighted by atomic mass is 9.44. The Kier molecular flexibility index (Phi) is 16.4. The Bertz CT molecular complexity index is 3170. The predicted molar refractivity (Wildman–Crippen MR) is 290 cm³/mol. The third-order valence-corrected chi connectivity index (χ3v) is 17.9. The van der Waals surface area contributed by atoms with Gasteiger partial charge in [-0.1, -0.05) is 26.3 Å². The van der Waals surface area contributed by atoms with Crippen molar-refractivity contribution in [3.63, 3.8) is 0 Å². The number of aliphatic hydroxyl groups is 2. The van der Waals surface area contributed by atoms with Gasteiger partial charge in [0.2, 0.25) is 0 Å². The molecule has 408 valence electrons. The van der Waals surface area contributed by atoms with E-state index in [9.17, 15) is 44.4 Å². The van der Waals surface area contributed by atoms with Gasteiger partial charge in [0, 0.05) is 71.7 Å². The number of hydrogen-bond donors (Lipinski definition) is 7. The van der Waals surface area contributed by atoms with E-state index in [1.807, 2.05) is 58.0 Å². The molecule has 0 aromatic carbocycles. The number of ketones is 2. The van der Waals surface area contributed by atoms with Crippen molar-refractivity contribution in [1.82, 2.24) is 19.9 Å². The molecule has 2 unspecified atom stereocenters. The number of aromatic amines is 2. The van der Waals surface area contributed by atoms with E-state index in [0.717, 1.165) is 89.0 Å². The molecule has 2 aliphatic heterocycles. The van der Waals surface area contributed by atoms with Crippen molar-refractivity contribution in [2.45, 2.75) is 172 Å². The van der Waals surface area contributed by atoms with Gasteiger partial charge in [-0.2, -0.15) is 0 Å². The molecular weight excluding hydrogens is 969 g/mol. The highest BCUT2D eigenvalue weighted by Crippen LogP contribution is 2.69. The maximum atomic E-state index is 12.8. The first-order valence-corrected chi connectivity index (χ1v) is 26.7. The highest BCUT2D eigenvalue weighted by atomic mass is 16.6. The molecule has 0 spiro atoms. The SMILES string of the molecule is CC(=O)O.CC(=O)O[C@]1(C(C)=O)CC[C@H]2[C@@H]3C[C@H](C)C4=CC(=O)CC[C@]4(C)[C@H]3CC[C@@]21C.CC1=C(CCC(=O)O)c2cc3nc(cc4[nH]c(cc5[nH]c(cc1n2)c(C)c5C(C)O)c(C)c4C(C)O)C(C)=C3CCC(=O)O. The monoisotopic (exact) mass is 1040 g/mol. The van der Waals surface area contributed by atoms with Gasteiger partial charge < -0.3 is 40.2 Å². The van der Waals surface area contributed by atoms with Gasteiger partial charge in [0.15, 0.2) is 17.2 Å². The fourth-order valence-corrected chi connectivity index (χ4v) is 14.4. The number of nitrogens with one attached hydrogen (secondary N) is 2. The van der Waals surface area contributed by atoms with E-state index >= 15 is 0 Å². The van der Waals surface area contributed by atoms with Crippen molar-refractivity contribution in [2.75, 3.05) is 0 Å². The van der Waals surface area contributed by atoms with Gasteiger partial charge in [0.25, 0.3) is 5.97 Å². The number of rotatable bonds is 10. The van der Waals surface area contributed by atoms with Crippen LogP contribution in [0, 0.1) is 48.3 Å². The van der Waals surface area contributed by atoms with E-state index in [1.54, 1.807) is 20.8 Å². The molecule has 8 bridgehead atoms. The molecule has 3 saturated carbocycles. The van der Waals surface area contributed by atoms with Crippen LogP contribution in [0.25, 0.3) is 44.4 Å². The van der Waals surface area contributed by atoms with Crippen LogP contribution in [-0.2, 0) is 33.5 Å². The van der Waals surface area contributed by atoms with Gasteiger partial charge in [-0.05, 0) is 193 Å². The number of H-pyrrole nitrogens is 2. The molecule has 16 nitrogen and oxygen atoms in total. The lowest BCUT2D eigenvalue weighted by molar-refractivity contribution is -0.187. The number of carbonyl (C=O) groups is 6. The number of aryl methyl sites for hydroxylation is 2. The number of ether oxygens (including phenoxy) is 1. The molecule has 76 heavy (non-hydrogen) atoms. The van der Waals surface area contributed by atoms with Crippen LogP contribution in [0.4, 0.5) is 0 Å². The third-order valence-electron chi connectivity index (χ3n) is 17.9. The van der Waals surface area contributed by atoms with Gasteiger partial charge in [0.05, 0.1) is 35.0 Å². The summed E-state index contributed by atoms with van der Waals surface area (Å²) in [5.74, 6) is -0.850. The summed E-state index contributed by atoms with van der Waals surface area (Å²) >= 11 is 0. The zero-order chi connectivity index (χ0) is 56.1. The van der Waals surface area contributed by atoms with Crippen LogP contribution in [0.1, 0.15) is 197 Å². The summed E-state index contributed by atoms with van der Waals surface area (Å²) in [5.41, 5.74) is 11.9. The molecule has 3 aromatic rings. The molecule has 0 radical (unpaired) electrons. The first kappa shape index (κ1) is 57.2. The Morgan fingerprint density at radius 3 is 1.64 bits per heavy atom. The summed E-state index contributed by atoms with van der Waals surface area (Å²) in [4.78, 5) is 85.7. The Morgan fingerprint density at radius 1 is 0.697 bits per heavy atom. The van der Waals surface area contributed by atoms with E-state index in [0.29, 0.717) is 75.9 Å². The second-order valence-corrected chi connectivity index (χ2v) is 22.7. The fourth-order valence-electron chi connectivity index (χ4n) is 14.4. The van der Waals surface area contributed by atoms with Gasteiger partial charge in [-0.3, -0.25) is 28.8 Å². The first-order chi connectivity index (χ1) is 35.5. The molecule has 16 heteroatoms. The lowest BCUT2D eigenvalue weighted by Crippen LogP contribution is -2.59. The summed E-state index contributed by atoms with van der Waals surface area (Å²) in [5, 5.41) is 47.9. The number of fused-ring (bicyclic) bond motifs is 13. The third kappa shape index (κ3) is 10.6. The van der Waals surface area contributed by atoms with Crippen LogP contribution in [-0.4, -0.2) is 86.5 Å². The Hall–Kier alpha value is -6.52. The quantitative estimate of drug-likeness (QED) is 0.0931. The van der Waals surface area contributed by atoms with Crippen molar-refractivity contribution >= 4 is 79.8 Å². The number of nitrogens with zero attached hydrogens (tertiary/aromatic N) is 2. The van der Waals surface area contributed by atoms with Gasteiger partial charge in [-0.25, -0.2) is 9.97 Å². The molecule has 5 heterocycles. The molecule has 9 atom stereocenters. The Morgan fingerprint density at radius 2 is 1.17 bits per heavy atom. The number of allylic oxidation sites excluding steroid dienone is 5. The average Bonchev–Trinajstić information content (AvgIpc) is 4.13. The Labute approximate surface area is 444 Å². The van der Waals surface area contributed by atoms with Crippen LogP contribution < -0.4 is 0 Å². The topological polar surface area (TPSA) is 270 Å². The van der Waals surface area contributed by atoms with Crippen molar-refractivity contribution in [3.8, 4) is 0 Å². The summed E-state index contributed by atoms with van der Waals surface area (Å²) in [6, 6.07) is 7.51. The standard InChI is InChI=1S/C34H38N4O6.C24H34O4.C2H4O2/c1-15-21(7-9-31(41)42)27-14-28-22(8-10-32(43)44)16(2)24(36-28)12-29-34(20(6)40)18(4)26(38-29)13-30-33(19(5)39)17(3)25(37-30)11-23(15)35-27;1-14-12-18-19(22(4)9-6-17(27)13-21(14)22)7-10-23(5)20(18)8-11-24(23,15(2)25)28-16(3)26;1-2(3)4/h11-14,19-20,37-40H,7-10H2,1-6H3,(H,41,42)(H,43,44);13-14,18-20H,6-12H2,1-5H3;1H3,(H,3,4)/t;14-,18+,19-,20-,22+,23-,24-;/m.0./s1. The Balaban J connectivity index is 0.000000224. The van der Waals surface area contributed by atoms with Gasteiger partial charge in [-0.15, -0.1) is 0 Å². The molecule has 9 rings (SSSR count). The zero-order valence-electron chi connectivity index (χ0n) is 46.1. The minimum absolute atomic E-state index is 0.00469. The smallest absolute Gasteiger partial charge is 0.303 e. The number of Topliss-reactive ketones (excluding diaryl/α,β-unsaturated/α-hetero) is 1. The number of hydrogen-bond acceptors (Lipinski definition) is 11. The van der Waals surface area contributed by atoms with E-state index in [-0.39, 0.29) is 54.0 Å². The lowest BCUT2D eigenvalue weighted by Gasteiger charge is -2.60. The van der Waals surface area contributed by atoms with Crippen LogP contribution in [0.5, 0.6) is 0 Å². The molecule has 3 fully saturated rings. The van der Waals surface area contributed by atoms with Gasteiger partial charge >= 0.3 is 17.9 Å². The highest BCUT2D eigenvalue weighted by Gasteiger charge is 2.68. The van der Waals surface area contributed by atoms with Crippen molar-refractivity contribution in [3.05, 3.63) is 80.9 Å². The second-order valence-electron chi connectivity index (χ2n) is 22.7. The first-order valence-electron chi connectivity index (χ1n) is 26.7. The van der Waals surface area contributed by atoms with E-state index in [2.05, 4.69) is 30.7 Å². The maximum Gasteiger partial charge on any atom is 0.303 e. The van der Waals surface area contributed by atoms with E-state index < -0.39 is 35.7 Å². The zero-order valence-corrected chi connectivity index (χ0v) is 46.1. The molecule has 4 aliphatic carbocycles. The summed E-state index contributed by atoms with van der Waals surface area (Å²) in [6.07, 6.45) is 7.02. The molecule has 0 saturated heterocycles. The largest absolute Gasteiger partial charge is 0.481 e. The van der Waals surface area contributed by atoms with Crippen LogP contribution in [0.3, 0.4) is 0 Å². The number of carboxylic acids is 3. The fraction of sp³-hybridized carbons (Fsp3) is 0.533. The van der Waals surface area contributed by atoms with Crippen molar-refractivity contribution in [1.29, 1.82) is 0 Å². The molecule has 7 N–H and O–H groups in total. The van der Waals surface area contributed by atoms with Crippen LogP contribution in [0.2, 0.25) is 0 Å². The van der Waals surface area contributed by atoms with Crippen molar-refractivity contribution in [2.24, 2.45) is 34.5 Å². The number of aromatic nitrogens is 4. The normalized spacial score (nSPS) is 26.3. The van der Waals surface area contributed by atoms with E-state index in [4.69, 9.17) is 24.6 Å². The summed E-state index contributed by atoms with van der Waals surface area (Å²) < 4.78 is 5.84. The molecule has 0 amide bonds. The van der Waals surface area contributed by atoms with Crippen LogP contribution in [0.15, 0.2) is 35.9 Å². The number of aliphatic carboxylic acids is 3. The summed E-state index contributed by atoms with van der Waals surface area (Å²) in [7, 11) is 0. The second kappa shape index (κ2) is 21.8. The minimum Gasteiger partial charge on any atom is -0.481 e. The molecule has 3 aromatic heterocycles. The van der Waals surface area contributed by atoms with E-state index in [1.165, 1.54) is 12.5 Å². The molecule has 6 aliphatic rings. The summed E-state index contributed by atoms with van der Waals surface area (Å²) in [6.45, 7) is 22.0. The average molecular weight is 1050 g/mol. The van der Waals surface area contributed by atoms with Crippen LogP contribution >= 0.6 is 0 Å². The highest BCUT2D eigenvalue weighted by molar-refractivity contribution is 5.97.